The Kier molecular flexibility index (Phi) is 7.34. The van der Waals surface area contributed by atoms with E-state index in [-0.39, 0.29) is 11.7 Å². The minimum Gasteiger partial charge on any atom is -0.497 e. The topological polar surface area (TPSA) is 57.9 Å². The van der Waals surface area contributed by atoms with Crippen LogP contribution in [0, 0.1) is 0 Å². The van der Waals surface area contributed by atoms with Crippen molar-refractivity contribution in [3.63, 3.8) is 0 Å². The Labute approximate surface area is 179 Å². The average molecular weight is 429 g/mol. The second kappa shape index (κ2) is 9.77. The predicted octanol–water partition coefficient (Wildman–Crippen LogP) is 5.06. The van der Waals surface area contributed by atoms with Crippen LogP contribution < -0.4 is 10.4 Å². The fraction of sp³-hybridized carbons (Fsp3) is 0.458. The molecule has 1 atom stereocenters. The summed E-state index contributed by atoms with van der Waals surface area (Å²) in [6.45, 7) is 8.33. The number of rotatable bonds is 9. The molecule has 162 valence electrons. The summed E-state index contributed by atoms with van der Waals surface area (Å²) in [4.78, 5) is 13.1. The quantitative estimate of drug-likeness (QED) is 0.317. The molecule has 0 amide bonds. The van der Waals surface area contributed by atoms with E-state index < -0.39 is 8.07 Å². The van der Waals surface area contributed by atoms with E-state index in [4.69, 9.17) is 18.6 Å². The van der Waals surface area contributed by atoms with Gasteiger partial charge in [0.2, 0.25) is 0 Å². The van der Waals surface area contributed by atoms with Crippen LogP contribution in [-0.2, 0) is 15.9 Å². The lowest BCUT2D eigenvalue weighted by molar-refractivity contribution is 0.148. The van der Waals surface area contributed by atoms with Gasteiger partial charge in [0.1, 0.15) is 11.3 Å². The van der Waals surface area contributed by atoms with Gasteiger partial charge in [-0.25, -0.2) is 4.79 Å². The zero-order chi connectivity index (χ0) is 21.7. The van der Waals surface area contributed by atoms with Gasteiger partial charge in [0.25, 0.3) is 0 Å². The van der Waals surface area contributed by atoms with Crippen molar-refractivity contribution in [1.29, 1.82) is 0 Å². The molecule has 5 nitrogen and oxygen atoms in total. The van der Waals surface area contributed by atoms with Crippen molar-refractivity contribution in [3.05, 3.63) is 58.0 Å². The van der Waals surface area contributed by atoms with Crippen molar-refractivity contribution in [3.8, 4) is 5.75 Å². The number of methoxy groups -OCH3 is 2. The lowest BCUT2D eigenvalue weighted by atomic mass is 9.90. The highest BCUT2D eigenvalue weighted by atomic mass is 28.3. The van der Waals surface area contributed by atoms with Crippen molar-refractivity contribution in [2.75, 3.05) is 27.4 Å². The number of allylic oxidation sites excluding steroid dienone is 2. The average Bonchev–Trinajstić information content (AvgIpc) is 2.72. The van der Waals surface area contributed by atoms with E-state index in [1.165, 1.54) is 0 Å². The van der Waals surface area contributed by atoms with Gasteiger partial charge in [0.15, 0.2) is 0 Å². The Morgan fingerprint density at radius 3 is 2.67 bits per heavy atom. The Bertz CT molecular complexity index is 997. The molecule has 1 aromatic carbocycles. The molecule has 30 heavy (non-hydrogen) atoms. The summed E-state index contributed by atoms with van der Waals surface area (Å²) in [7, 11) is 2.13. The first kappa shape index (κ1) is 22.5. The monoisotopic (exact) mass is 428 g/mol. The zero-order valence-corrected chi connectivity index (χ0v) is 19.6. The lowest BCUT2D eigenvalue weighted by Crippen LogP contribution is -2.23. The molecule has 0 saturated carbocycles. The Morgan fingerprint density at radius 2 is 1.97 bits per heavy atom. The molecule has 3 rings (SSSR count). The molecule has 6 heteroatoms. The van der Waals surface area contributed by atoms with E-state index in [2.05, 4.69) is 19.6 Å². The van der Waals surface area contributed by atoms with Gasteiger partial charge < -0.3 is 18.6 Å². The van der Waals surface area contributed by atoms with Crippen LogP contribution in [0.25, 0.3) is 16.5 Å². The second-order valence-corrected chi connectivity index (χ2v) is 14.4. The zero-order valence-electron chi connectivity index (χ0n) is 18.6. The maximum atomic E-state index is 13.1. The second-order valence-electron chi connectivity index (χ2n) is 8.79. The summed E-state index contributed by atoms with van der Waals surface area (Å²) in [5.74, 6) is 0.658. The standard InChI is InChI=1S/C24H32O5Si/c1-26-17-10-11-18-19(12-13-28-14-15-30(3,4)5)23(24(25)29-22(18)16-17)20-8-6-7-9-21(20)27-2/h6-8,10-11,16,21H,9,12-15H2,1-5H3. The van der Waals surface area contributed by atoms with E-state index in [0.717, 1.165) is 35.6 Å². The third-order valence-electron chi connectivity index (χ3n) is 5.40. The minimum atomic E-state index is -1.14. The van der Waals surface area contributed by atoms with Gasteiger partial charge in [-0.15, -0.1) is 0 Å². The van der Waals surface area contributed by atoms with Gasteiger partial charge in [-0.2, -0.15) is 0 Å². The van der Waals surface area contributed by atoms with Gasteiger partial charge in [-0.05, 0) is 42.2 Å². The summed E-state index contributed by atoms with van der Waals surface area (Å²) >= 11 is 0. The van der Waals surface area contributed by atoms with Crippen LogP contribution in [-0.4, -0.2) is 41.6 Å². The molecule has 1 aliphatic rings. The molecule has 0 spiro atoms. The normalized spacial score (nSPS) is 16.7. The summed E-state index contributed by atoms with van der Waals surface area (Å²) < 4.78 is 22.6. The van der Waals surface area contributed by atoms with Crippen LogP contribution in [0.15, 0.2) is 45.6 Å². The fourth-order valence-electron chi connectivity index (χ4n) is 3.65. The van der Waals surface area contributed by atoms with Gasteiger partial charge in [-0.1, -0.05) is 37.9 Å². The summed E-state index contributed by atoms with van der Waals surface area (Å²) in [6.07, 6.45) is 7.16. The summed E-state index contributed by atoms with van der Waals surface area (Å²) in [5, 5.41) is 0.907. The number of fused-ring (bicyclic) bond motifs is 1. The summed E-state index contributed by atoms with van der Waals surface area (Å²) in [6, 6.07) is 6.74. The smallest absolute Gasteiger partial charge is 0.344 e. The SMILES string of the molecule is COc1ccc2c(CCOCC[Si](C)(C)C)c(C3=CC=CCC3OC)c(=O)oc2c1. The molecule has 0 bridgehead atoms. The molecule has 1 aromatic heterocycles. The summed E-state index contributed by atoms with van der Waals surface area (Å²) in [5.41, 5.74) is 2.58. The molecule has 1 unspecified atom stereocenters. The van der Waals surface area contributed by atoms with Crippen LogP contribution in [0.5, 0.6) is 5.75 Å². The van der Waals surface area contributed by atoms with E-state index in [1.54, 1.807) is 20.3 Å². The highest BCUT2D eigenvalue weighted by Crippen LogP contribution is 2.32. The first-order chi connectivity index (χ1) is 14.3. The largest absolute Gasteiger partial charge is 0.497 e. The Hall–Kier alpha value is -2.15. The van der Waals surface area contributed by atoms with Crippen LogP contribution in [0.1, 0.15) is 17.5 Å². The van der Waals surface area contributed by atoms with E-state index in [9.17, 15) is 4.79 Å². The molecule has 0 radical (unpaired) electrons. The fourth-order valence-corrected chi connectivity index (χ4v) is 4.41. The van der Waals surface area contributed by atoms with E-state index in [0.29, 0.717) is 29.9 Å². The van der Waals surface area contributed by atoms with Crippen LogP contribution in [0.3, 0.4) is 0 Å². The number of hydrogen-bond donors (Lipinski definition) is 0. The molecule has 0 N–H and O–H groups in total. The van der Waals surface area contributed by atoms with Gasteiger partial charge in [0, 0.05) is 33.2 Å². The third-order valence-corrected chi connectivity index (χ3v) is 7.10. The highest BCUT2D eigenvalue weighted by Gasteiger charge is 2.25. The molecule has 0 aliphatic heterocycles. The number of hydrogen-bond acceptors (Lipinski definition) is 5. The predicted molar refractivity (Wildman–Crippen MR) is 124 cm³/mol. The van der Waals surface area contributed by atoms with Crippen LogP contribution in [0.4, 0.5) is 0 Å². The third kappa shape index (κ3) is 5.30. The van der Waals surface area contributed by atoms with Crippen molar-refractivity contribution in [2.24, 2.45) is 0 Å². The number of ether oxygens (including phenoxy) is 3. The molecule has 1 heterocycles. The maximum absolute atomic E-state index is 13.1. The molecule has 0 saturated heterocycles. The lowest BCUT2D eigenvalue weighted by Gasteiger charge is -2.22. The van der Waals surface area contributed by atoms with Crippen LogP contribution >= 0.6 is 0 Å². The minimum absolute atomic E-state index is 0.167. The van der Waals surface area contributed by atoms with Gasteiger partial charge >= 0.3 is 5.63 Å². The molecular weight excluding hydrogens is 396 g/mol. The van der Waals surface area contributed by atoms with E-state index >= 15 is 0 Å². The highest BCUT2D eigenvalue weighted by molar-refractivity contribution is 6.76. The van der Waals surface area contributed by atoms with Crippen LogP contribution in [0.2, 0.25) is 25.7 Å². The number of benzene rings is 1. The molecule has 0 fully saturated rings. The maximum Gasteiger partial charge on any atom is 0.344 e. The molecule has 1 aliphatic carbocycles. The Balaban J connectivity index is 2.00. The first-order valence-electron chi connectivity index (χ1n) is 10.5. The molecule has 2 aromatic rings. The first-order valence-corrected chi connectivity index (χ1v) is 14.2. The van der Waals surface area contributed by atoms with Gasteiger partial charge in [0.05, 0.1) is 25.4 Å². The van der Waals surface area contributed by atoms with Crippen molar-refractivity contribution >= 4 is 24.6 Å². The van der Waals surface area contributed by atoms with Crippen molar-refractivity contribution < 1.29 is 18.6 Å². The van der Waals surface area contributed by atoms with Crippen molar-refractivity contribution in [2.45, 2.75) is 44.6 Å². The molecular formula is C24H32O5Si. The van der Waals surface area contributed by atoms with Gasteiger partial charge in [-0.3, -0.25) is 0 Å². The Morgan fingerprint density at radius 1 is 1.17 bits per heavy atom. The van der Waals surface area contributed by atoms with Crippen molar-refractivity contribution in [1.82, 2.24) is 0 Å². The van der Waals surface area contributed by atoms with E-state index in [1.807, 2.05) is 30.4 Å².